The molecule has 1 N–H and O–H groups in total. The van der Waals surface area contributed by atoms with Gasteiger partial charge in [0.1, 0.15) is 30.8 Å². The number of rotatable bonds is 4. The van der Waals surface area contributed by atoms with Crippen LogP contribution >= 0.6 is 0 Å². The Morgan fingerprint density at radius 3 is 2.85 bits per heavy atom. The number of amides is 1. The second-order valence-electron chi connectivity index (χ2n) is 5.47. The van der Waals surface area contributed by atoms with Gasteiger partial charge in [0, 0.05) is 18.5 Å². The second kappa shape index (κ2) is 6.55. The van der Waals surface area contributed by atoms with Crippen LogP contribution in [-0.2, 0) is 11.3 Å². The van der Waals surface area contributed by atoms with Gasteiger partial charge in [-0.25, -0.2) is 19.9 Å². The summed E-state index contributed by atoms with van der Waals surface area (Å²) in [6.45, 7) is -0.166. The van der Waals surface area contributed by atoms with Crippen LogP contribution in [0.3, 0.4) is 0 Å². The van der Waals surface area contributed by atoms with Crippen molar-refractivity contribution in [1.29, 1.82) is 0 Å². The summed E-state index contributed by atoms with van der Waals surface area (Å²) in [5.74, 6) is 0.507. The average Bonchev–Trinajstić information content (AvgIpc) is 3.19. The van der Waals surface area contributed by atoms with Gasteiger partial charge in [0.25, 0.3) is 5.56 Å². The van der Waals surface area contributed by atoms with Gasteiger partial charge in [0.2, 0.25) is 5.91 Å². The van der Waals surface area contributed by atoms with Gasteiger partial charge in [-0.05, 0) is 12.1 Å². The first-order chi connectivity index (χ1) is 12.7. The molecule has 0 radical (unpaired) electrons. The topological polar surface area (TPSA) is 108 Å². The Hall–Kier alpha value is -3.88. The second-order valence-corrected chi connectivity index (χ2v) is 5.47. The van der Waals surface area contributed by atoms with Gasteiger partial charge in [-0.15, -0.1) is 0 Å². The number of benzene rings is 1. The molecular weight excluding hydrogens is 334 g/mol. The third-order valence-corrected chi connectivity index (χ3v) is 3.73. The predicted molar refractivity (Wildman–Crippen MR) is 93.8 cm³/mol. The molecule has 0 saturated carbocycles. The maximum atomic E-state index is 12.4. The van der Waals surface area contributed by atoms with E-state index in [1.807, 2.05) is 0 Å². The van der Waals surface area contributed by atoms with Crippen molar-refractivity contribution in [3.8, 4) is 5.82 Å². The molecule has 0 atom stereocenters. The third-order valence-electron chi connectivity index (χ3n) is 3.73. The average molecular weight is 347 g/mol. The first-order valence-corrected chi connectivity index (χ1v) is 7.75. The molecule has 3 aromatic heterocycles. The molecule has 0 bridgehead atoms. The summed E-state index contributed by atoms with van der Waals surface area (Å²) in [5.41, 5.74) is 0.322. The SMILES string of the molecule is O=C(Cn1cnc2ccccc2c1=O)Nc1cc(-n2ccnc2)ncn1. The Labute approximate surface area is 147 Å². The van der Waals surface area contributed by atoms with Crippen molar-refractivity contribution in [1.82, 2.24) is 29.1 Å². The molecule has 9 heteroatoms. The maximum absolute atomic E-state index is 12.4. The van der Waals surface area contributed by atoms with Crippen molar-refractivity contribution in [2.45, 2.75) is 6.54 Å². The lowest BCUT2D eigenvalue weighted by Crippen LogP contribution is -2.28. The van der Waals surface area contributed by atoms with E-state index in [2.05, 4.69) is 25.3 Å². The summed E-state index contributed by atoms with van der Waals surface area (Å²) >= 11 is 0. The molecule has 26 heavy (non-hydrogen) atoms. The van der Waals surface area contributed by atoms with Crippen molar-refractivity contribution >= 4 is 22.6 Å². The fourth-order valence-electron chi connectivity index (χ4n) is 2.51. The van der Waals surface area contributed by atoms with E-state index in [4.69, 9.17) is 0 Å². The van der Waals surface area contributed by atoms with E-state index in [1.54, 1.807) is 53.6 Å². The van der Waals surface area contributed by atoms with Crippen LogP contribution in [0.5, 0.6) is 0 Å². The lowest BCUT2D eigenvalue weighted by atomic mass is 10.2. The lowest BCUT2D eigenvalue weighted by molar-refractivity contribution is -0.116. The first kappa shape index (κ1) is 15.6. The fraction of sp³-hybridized carbons (Fsp3) is 0.0588. The smallest absolute Gasteiger partial charge is 0.261 e. The Morgan fingerprint density at radius 1 is 1.12 bits per heavy atom. The molecule has 0 aliphatic rings. The number of imidazole rings is 1. The van der Waals surface area contributed by atoms with E-state index < -0.39 is 0 Å². The summed E-state index contributed by atoms with van der Waals surface area (Å²) < 4.78 is 2.95. The zero-order chi connectivity index (χ0) is 17.9. The molecule has 1 amide bonds. The zero-order valence-corrected chi connectivity index (χ0v) is 13.5. The van der Waals surface area contributed by atoms with Gasteiger partial charge in [0.05, 0.1) is 17.2 Å². The van der Waals surface area contributed by atoms with Crippen molar-refractivity contribution in [2.75, 3.05) is 5.32 Å². The molecule has 0 spiro atoms. The summed E-state index contributed by atoms with van der Waals surface area (Å²) in [7, 11) is 0. The van der Waals surface area contributed by atoms with Gasteiger partial charge < -0.3 is 5.32 Å². The largest absolute Gasteiger partial charge is 0.309 e. The number of carbonyl (C=O) groups excluding carboxylic acids is 1. The first-order valence-electron chi connectivity index (χ1n) is 7.75. The van der Waals surface area contributed by atoms with Crippen LogP contribution in [0.15, 0.2) is 66.5 Å². The number of nitrogens with one attached hydrogen (secondary N) is 1. The maximum Gasteiger partial charge on any atom is 0.261 e. The minimum absolute atomic E-state index is 0.166. The van der Waals surface area contributed by atoms with Crippen LogP contribution in [-0.4, -0.2) is 35.0 Å². The summed E-state index contributed by atoms with van der Waals surface area (Å²) in [4.78, 5) is 41.0. The van der Waals surface area contributed by atoms with E-state index in [0.29, 0.717) is 22.5 Å². The van der Waals surface area contributed by atoms with E-state index in [9.17, 15) is 9.59 Å². The number of carbonyl (C=O) groups is 1. The molecule has 0 aliphatic heterocycles. The van der Waals surface area contributed by atoms with Crippen LogP contribution in [0.1, 0.15) is 0 Å². The van der Waals surface area contributed by atoms with Crippen LogP contribution in [0.4, 0.5) is 5.82 Å². The minimum Gasteiger partial charge on any atom is -0.309 e. The molecule has 0 saturated heterocycles. The highest BCUT2D eigenvalue weighted by Crippen LogP contribution is 2.09. The van der Waals surface area contributed by atoms with E-state index >= 15 is 0 Å². The molecule has 3 heterocycles. The van der Waals surface area contributed by atoms with Gasteiger partial charge in [-0.1, -0.05) is 12.1 Å². The molecule has 128 valence electrons. The summed E-state index contributed by atoms with van der Waals surface area (Å²) in [6, 6.07) is 8.61. The van der Waals surface area contributed by atoms with Crippen molar-refractivity contribution in [3.63, 3.8) is 0 Å². The van der Waals surface area contributed by atoms with E-state index in [1.165, 1.54) is 17.2 Å². The molecule has 0 unspecified atom stereocenters. The molecule has 9 nitrogen and oxygen atoms in total. The normalized spacial score (nSPS) is 10.8. The quantitative estimate of drug-likeness (QED) is 0.590. The predicted octanol–water partition coefficient (Wildman–Crippen LogP) is 1.01. The van der Waals surface area contributed by atoms with E-state index in [-0.39, 0.29) is 18.0 Å². The third kappa shape index (κ3) is 3.05. The minimum atomic E-state index is -0.389. The Morgan fingerprint density at radius 2 is 2.00 bits per heavy atom. The Kier molecular flexibility index (Phi) is 3.94. The molecule has 4 rings (SSSR count). The van der Waals surface area contributed by atoms with Crippen LogP contribution < -0.4 is 10.9 Å². The molecule has 0 fully saturated rings. The molecule has 0 aliphatic carbocycles. The van der Waals surface area contributed by atoms with E-state index in [0.717, 1.165) is 0 Å². The highest BCUT2D eigenvalue weighted by atomic mass is 16.2. The number of para-hydroxylation sites is 1. The monoisotopic (exact) mass is 347 g/mol. The number of hydrogen-bond acceptors (Lipinski definition) is 6. The number of nitrogens with zero attached hydrogens (tertiary/aromatic N) is 6. The van der Waals surface area contributed by atoms with Gasteiger partial charge in [-0.2, -0.15) is 0 Å². The van der Waals surface area contributed by atoms with Gasteiger partial charge in [-0.3, -0.25) is 18.7 Å². The van der Waals surface area contributed by atoms with Gasteiger partial charge >= 0.3 is 0 Å². The van der Waals surface area contributed by atoms with Crippen molar-refractivity contribution in [3.05, 3.63) is 72.1 Å². The lowest BCUT2D eigenvalue weighted by Gasteiger charge is -2.08. The number of hydrogen-bond donors (Lipinski definition) is 1. The van der Waals surface area contributed by atoms with Crippen LogP contribution in [0.25, 0.3) is 16.7 Å². The number of aromatic nitrogens is 6. The van der Waals surface area contributed by atoms with Crippen molar-refractivity contribution in [2.24, 2.45) is 0 Å². The standard InChI is InChI=1S/C17H13N7O2/c25-16(8-24-11-21-13-4-2-1-3-12(13)17(24)26)22-14-7-15(20-9-19-14)23-6-5-18-10-23/h1-7,9-11H,8H2,(H,19,20,22,25). The van der Waals surface area contributed by atoms with Crippen LogP contribution in [0, 0.1) is 0 Å². The zero-order valence-electron chi connectivity index (χ0n) is 13.5. The summed E-state index contributed by atoms with van der Waals surface area (Å²) in [5, 5.41) is 3.12. The molecule has 1 aromatic carbocycles. The Balaban J connectivity index is 1.54. The van der Waals surface area contributed by atoms with Crippen molar-refractivity contribution < 1.29 is 4.79 Å². The van der Waals surface area contributed by atoms with Crippen LogP contribution in [0.2, 0.25) is 0 Å². The molecular formula is C17H13N7O2. The Bertz CT molecular complexity index is 1140. The summed E-state index contributed by atoms with van der Waals surface area (Å²) in [6.07, 6.45) is 7.65. The highest BCUT2D eigenvalue weighted by Gasteiger charge is 2.09. The molecule has 4 aromatic rings. The van der Waals surface area contributed by atoms with Gasteiger partial charge in [0.15, 0.2) is 0 Å². The number of fused-ring (bicyclic) bond motifs is 1. The number of anilines is 1. The highest BCUT2D eigenvalue weighted by molar-refractivity contribution is 5.90. The fourth-order valence-corrected chi connectivity index (χ4v) is 2.51.